The van der Waals surface area contributed by atoms with Crippen LogP contribution in [0.15, 0.2) is 29.3 Å². The van der Waals surface area contributed by atoms with Crippen LogP contribution in [0, 0.1) is 0 Å². The molecular formula is C21H37IN4O2. The number of halogens is 1. The Morgan fingerprint density at radius 3 is 2.36 bits per heavy atom. The van der Waals surface area contributed by atoms with Crippen LogP contribution in [0.25, 0.3) is 0 Å². The van der Waals surface area contributed by atoms with Crippen molar-refractivity contribution in [1.82, 2.24) is 15.5 Å². The van der Waals surface area contributed by atoms with Crippen LogP contribution < -0.4 is 10.6 Å². The van der Waals surface area contributed by atoms with Crippen LogP contribution in [-0.4, -0.2) is 56.2 Å². The zero-order chi connectivity index (χ0) is 20.1. The van der Waals surface area contributed by atoms with Crippen LogP contribution in [0.2, 0.25) is 0 Å². The van der Waals surface area contributed by atoms with Crippen molar-refractivity contribution in [1.29, 1.82) is 0 Å². The maximum absolute atomic E-state index is 11.7. The fourth-order valence-electron chi connectivity index (χ4n) is 2.82. The summed E-state index contributed by atoms with van der Waals surface area (Å²) < 4.78 is 5.00. The standard InChI is InChI=1S/C21H36N4O2.HI/c1-6-25(7-2)15-9-10-17(4)24-21(22-5)23-16-18-11-13-19(14-12-18)20(26)27-8-3;/h11-14,17H,6-10,15-16H2,1-5H3,(H2,22,23,24);1H. The molecule has 1 aromatic rings. The van der Waals surface area contributed by atoms with Gasteiger partial charge in [0, 0.05) is 19.6 Å². The van der Waals surface area contributed by atoms with E-state index in [0.29, 0.717) is 24.8 Å². The average Bonchev–Trinajstić information content (AvgIpc) is 2.69. The topological polar surface area (TPSA) is 66.0 Å². The molecule has 0 aliphatic carbocycles. The number of hydrogen-bond acceptors (Lipinski definition) is 4. The van der Waals surface area contributed by atoms with Gasteiger partial charge in [-0.2, -0.15) is 0 Å². The van der Waals surface area contributed by atoms with Gasteiger partial charge in [0.2, 0.25) is 0 Å². The van der Waals surface area contributed by atoms with Gasteiger partial charge in [0.25, 0.3) is 0 Å². The predicted octanol–water partition coefficient (Wildman–Crippen LogP) is 3.66. The maximum Gasteiger partial charge on any atom is 0.338 e. The molecule has 1 rings (SSSR count). The predicted molar refractivity (Wildman–Crippen MR) is 128 cm³/mol. The Bertz CT molecular complexity index is 574. The number of aliphatic imine (C=N–C) groups is 1. The molecule has 1 unspecified atom stereocenters. The second-order valence-corrected chi connectivity index (χ2v) is 6.56. The molecule has 7 heteroatoms. The molecule has 6 nitrogen and oxygen atoms in total. The summed E-state index contributed by atoms with van der Waals surface area (Å²) in [5, 5.41) is 6.76. The number of carbonyl (C=O) groups is 1. The highest BCUT2D eigenvalue weighted by atomic mass is 127. The molecule has 160 valence electrons. The molecule has 28 heavy (non-hydrogen) atoms. The van der Waals surface area contributed by atoms with Crippen LogP contribution in [0.3, 0.4) is 0 Å². The number of carbonyl (C=O) groups excluding carboxylic acids is 1. The summed E-state index contributed by atoms with van der Waals surface area (Å²) in [4.78, 5) is 18.4. The molecule has 1 atom stereocenters. The summed E-state index contributed by atoms with van der Waals surface area (Å²) >= 11 is 0. The Kier molecular flexibility index (Phi) is 14.8. The Morgan fingerprint density at radius 1 is 1.18 bits per heavy atom. The normalized spacial score (nSPS) is 12.3. The third-order valence-electron chi connectivity index (χ3n) is 4.54. The molecule has 0 amide bonds. The molecule has 0 saturated carbocycles. The van der Waals surface area contributed by atoms with Crippen LogP contribution in [0.4, 0.5) is 0 Å². The molecule has 0 aromatic heterocycles. The molecule has 0 aliphatic heterocycles. The number of benzene rings is 1. The molecular weight excluding hydrogens is 467 g/mol. The van der Waals surface area contributed by atoms with E-state index in [1.54, 1.807) is 26.1 Å². The van der Waals surface area contributed by atoms with Gasteiger partial charge in [-0.1, -0.05) is 26.0 Å². The van der Waals surface area contributed by atoms with E-state index >= 15 is 0 Å². The van der Waals surface area contributed by atoms with E-state index in [0.717, 1.165) is 37.6 Å². The van der Waals surface area contributed by atoms with Gasteiger partial charge in [-0.05, 0) is 64.0 Å². The van der Waals surface area contributed by atoms with Gasteiger partial charge in [0.05, 0.1) is 12.2 Å². The van der Waals surface area contributed by atoms with Crippen molar-refractivity contribution in [3.05, 3.63) is 35.4 Å². The van der Waals surface area contributed by atoms with E-state index < -0.39 is 0 Å². The van der Waals surface area contributed by atoms with E-state index in [-0.39, 0.29) is 29.9 Å². The van der Waals surface area contributed by atoms with Gasteiger partial charge in [0.1, 0.15) is 0 Å². The van der Waals surface area contributed by atoms with E-state index in [4.69, 9.17) is 4.74 Å². The van der Waals surface area contributed by atoms with Crippen LogP contribution in [0.1, 0.15) is 56.5 Å². The quantitative estimate of drug-likeness (QED) is 0.209. The fourth-order valence-corrected chi connectivity index (χ4v) is 2.82. The van der Waals surface area contributed by atoms with Crippen molar-refractivity contribution in [2.75, 3.05) is 33.3 Å². The van der Waals surface area contributed by atoms with E-state index in [9.17, 15) is 4.79 Å². The van der Waals surface area contributed by atoms with Crippen LogP contribution in [-0.2, 0) is 11.3 Å². The molecule has 0 bridgehead atoms. The number of nitrogens with one attached hydrogen (secondary N) is 2. The smallest absolute Gasteiger partial charge is 0.338 e. The summed E-state index contributed by atoms with van der Waals surface area (Å²) in [6.07, 6.45) is 2.27. The van der Waals surface area contributed by atoms with Crippen molar-refractivity contribution in [2.45, 2.75) is 53.1 Å². The van der Waals surface area contributed by atoms with Gasteiger partial charge in [0.15, 0.2) is 5.96 Å². The van der Waals surface area contributed by atoms with Gasteiger partial charge in [-0.3, -0.25) is 4.99 Å². The van der Waals surface area contributed by atoms with Gasteiger partial charge < -0.3 is 20.3 Å². The van der Waals surface area contributed by atoms with Crippen molar-refractivity contribution < 1.29 is 9.53 Å². The number of nitrogens with zero attached hydrogens (tertiary/aromatic N) is 2. The third-order valence-corrected chi connectivity index (χ3v) is 4.54. The second kappa shape index (κ2) is 15.6. The van der Waals surface area contributed by atoms with Crippen LogP contribution >= 0.6 is 24.0 Å². The first-order chi connectivity index (χ1) is 13.0. The van der Waals surface area contributed by atoms with Gasteiger partial charge >= 0.3 is 5.97 Å². The molecule has 0 fully saturated rings. The molecule has 0 aliphatic rings. The molecule has 0 radical (unpaired) electrons. The van der Waals surface area contributed by atoms with E-state index in [1.165, 1.54) is 6.42 Å². The van der Waals surface area contributed by atoms with Gasteiger partial charge in [-0.15, -0.1) is 24.0 Å². The molecule has 0 spiro atoms. The lowest BCUT2D eigenvalue weighted by atomic mass is 10.1. The monoisotopic (exact) mass is 504 g/mol. The molecule has 0 heterocycles. The number of rotatable bonds is 11. The summed E-state index contributed by atoms with van der Waals surface area (Å²) in [5.41, 5.74) is 1.66. The largest absolute Gasteiger partial charge is 0.462 e. The second-order valence-electron chi connectivity index (χ2n) is 6.56. The number of guanidine groups is 1. The number of esters is 1. The number of ether oxygens (including phenoxy) is 1. The summed E-state index contributed by atoms with van der Waals surface area (Å²) in [6.45, 7) is 12.8. The first kappa shape index (κ1) is 26.6. The summed E-state index contributed by atoms with van der Waals surface area (Å²) in [6, 6.07) is 7.81. The zero-order valence-corrected chi connectivity index (χ0v) is 20.3. The first-order valence-electron chi connectivity index (χ1n) is 9.99. The van der Waals surface area contributed by atoms with E-state index in [2.05, 4.69) is 41.3 Å². The number of hydrogen-bond donors (Lipinski definition) is 2. The Balaban J connectivity index is 0.00000729. The highest BCUT2D eigenvalue weighted by Crippen LogP contribution is 2.06. The van der Waals surface area contributed by atoms with Crippen LogP contribution in [0.5, 0.6) is 0 Å². The summed E-state index contributed by atoms with van der Waals surface area (Å²) in [5.74, 6) is 0.507. The summed E-state index contributed by atoms with van der Waals surface area (Å²) in [7, 11) is 1.78. The van der Waals surface area contributed by atoms with Crippen molar-refractivity contribution in [2.24, 2.45) is 4.99 Å². The molecule has 1 aromatic carbocycles. The minimum atomic E-state index is -0.284. The SMILES string of the molecule is CCOC(=O)c1ccc(CNC(=NC)NC(C)CCCN(CC)CC)cc1.I. The highest BCUT2D eigenvalue weighted by Gasteiger charge is 2.08. The minimum Gasteiger partial charge on any atom is -0.462 e. The lowest BCUT2D eigenvalue weighted by Gasteiger charge is -2.21. The first-order valence-corrected chi connectivity index (χ1v) is 9.99. The lowest BCUT2D eigenvalue weighted by Crippen LogP contribution is -2.42. The van der Waals surface area contributed by atoms with Crippen molar-refractivity contribution in [3.63, 3.8) is 0 Å². The van der Waals surface area contributed by atoms with Crippen molar-refractivity contribution >= 4 is 35.9 Å². The maximum atomic E-state index is 11.7. The lowest BCUT2D eigenvalue weighted by molar-refractivity contribution is 0.0526. The Labute approximate surface area is 187 Å². The van der Waals surface area contributed by atoms with Crippen molar-refractivity contribution in [3.8, 4) is 0 Å². The Morgan fingerprint density at radius 2 is 1.82 bits per heavy atom. The van der Waals surface area contributed by atoms with Gasteiger partial charge in [-0.25, -0.2) is 4.79 Å². The van der Waals surface area contributed by atoms with E-state index in [1.807, 2.05) is 12.1 Å². The fraction of sp³-hybridized carbons (Fsp3) is 0.619. The third kappa shape index (κ3) is 10.3. The Hall–Kier alpha value is -1.35. The average molecular weight is 504 g/mol. The zero-order valence-electron chi connectivity index (χ0n) is 18.0. The minimum absolute atomic E-state index is 0. The highest BCUT2D eigenvalue weighted by molar-refractivity contribution is 14.0. The molecule has 2 N–H and O–H groups in total. The molecule has 0 saturated heterocycles.